The number of methoxy groups -OCH3 is 1. The first-order valence-corrected chi connectivity index (χ1v) is 4.92. The molecule has 0 fully saturated rings. The lowest BCUT2D eigenvalue weighted by Gasteiger charge is -2.28. The van der Waals surface area contributed by atoms with Gasteiger partial charge in [0.1, 0.15) is 5.76 Å². The average Bonchev–Trinajstić information content (AvgIpc) is 2.18. The molecule has 0 amide bonds. The molecule has 1 atom stereocenters. The third-order valence-electron chi connectivity index (χ3n) is 2.90. The zero-order valence-corrected chi connectivity index (χ0v) is 8.25. The fourth-order valence-electron chi connectivity index (χ4n) is 2.20. The third kappa shape index (κ3) is 1.38. The van der Waals surface area contributed by atoms with Gasteiger partial charge in [0, 0.05) is 13.5 Å². The largest absolute Gasteiger partial charge is 0.508 e. The van der Waals surface area contributed by atoms with Crippen LogP contribution in [0.3, 0.4) is 0 Å². The van der Waals surface area contributed by atoms with E-state index in [9.17, 15) is 9.90 Å². The predicted octanol–water partition coefficient (Wildman–Crippen LogP) is 1.90. The number of rotatable bonds is 1. The van der Waals surface area contributed by atoms with E-state index in [2.05, 4.69) is 0 Å². The van der Waals surface area contributed by atoms with Gasteiger partial charge in [-0.1, -0.05) is 0 Å². The first-order chi connectivity index (χ1) is 6.74. The Bertz CT molecular complexity index is 325. The summed E-state index contributed by atoms with van der Waals surface area (Å²) in [6.07, 6.45) is 4.64. The molecule has 2 aliphatic rings. The number of hydrogen-bond acceptors (Lipinski definition) is 3. The molecule has 3 heteroatoms. The predicted molar refractivity (Wildman–Crippen MR) is 52.0 cm³/mol. The molecule has 1 N–H and O–H groups in total. The summed E-state index contributed by atoms with van der Waals surface area (Å²) in [6, 6.07) is 0. The van der Waals surface area contributed by atoms with E-state index in [0.717, 1.165) is 18.4 Å². The summed E-state index contributed by atoms with van der Waals surface area (Å²) >= 11 is 0. The molecule has 0 aliphatic heterocycles. The Morgan fingerprint density at radius 1 is 1.50 bits per heavy atom. The number of allylic oxidation sites excluding steroid dienone is 1. The van der Waals surface area contributed by atoms with Gasteiger partial charge in [-0.3, -0.25) is 4.79 Å². The van der Waals surface area contributed by atoms with Gasteiger partial charge < -0.3 is 9.84 Å². The molecular weight excluding hydrogens is 180 g/mol. The molecule has 0 spiro atoms. The second-order valence-corrected chi connectivity index (χ2v) is 3.73. The van der Waals surface area contributed by atoms with Gasteiger partial charge in [0.05, 0.1) is 11.7 Å². The minimum Gasteiger partial charge on any atom is -0.508 e. The van der Waals surface area contributed by atoms with E-state index in [1.165, 1.54) is 0 Å². The second-order valence-electron chi connectivity index (χ2n) is 3.73. The number of hydrogen-bond donors (Lipinski definition) is 1. The summed E-state index contributed by atoms with van der Waals surface area (Å²) in [4.78, 5) is 11.6. The maximum absolute atomic E-state index is 11.6. The van der Waals surface area contributed by atoms with Crippen molar-refractivity contribution in [3.05, 3.63) is 23.0 Å². The minimum absolute atomic E-state index is 0.00912. The number of Topliss-reactive ketones (excluding diaryl/α,β-unsaturated/α-hetero) is 1. The summed E-state index contributed by atoms with van der Waals surface area (Å²) in [7, 11) is 1.64. The van der Waals surface area contributed by atoms with Crippen molar-refractivity contribution in [1.82, 2.24) is 0 Å². The SMILES string of the molecule is COC1CC=C(O)C2=C1CCCC2=O. The molecule has 1 unspecified atom stereocenters. The lowest BCUT2D eigenvalue weighted by atomic mass is 9.82. The van der Waals surface area contributed by atoms with Gasteiger partial charge in [-0.25, -0.2) is 0 Å². The van der Waals surface area contributed by atoms with Crippen LogP contribution < -0.4 is 0 Å². The van der Waals surface area contributed by atoms with Crippen molar-refractivity contribution >= 4 is 5.78 Å². The van der Waals surface area contributed by atoms with Gasteiger partial charge in [0.25, 0.3) is 0 Å². The first-order valence-electron chi connectivity index (χ1n) is 4.92. The van der Waals surface area contributed by atoms with Crippen molar-refractivity contribution in [2.45, 2.75) is 31.8 Å². The summed E-state index contributed by atoms with van der Waals surface area (Å²) in [5.41, 5.74) is 1.51. The lowest BCUT2D eigenvalue weighted by Crippen LogP contribution is -2.26. The van der Waals surface area contributed by atoms with Crippen molar-refractivity contribution in [2.75, 3.05) is 7.11 Å². The number of aliphatic hydroxyl groups excluding tert-OH is 1. The molecule has 0 radical (unpaired) electrons. The number of carbonyl (C=O) groups is 1. The van der Waals surface area contributed by atoms with Crippen LogP contribution in [0.15, 0.2) is 23.0 Å². The van der Waals surface area contributed by atoms with Gasteiger partial charge in [-0.2, -0.15) is 0 Å². The number of aliphatic hydroxyl groups is 1. The number of ketones is 1. The molecular formula is C11H14O3. The standard InChI is InChI=1S/C11H14O3/c1-14-10-6-5-9(13)11-7(10)3-2-4-8(11)12/h5,10,13H,2-4,6H2,1H3. The summed E-state index contributed by atoms with van der Waals surface area (Å²) < 4.78 is 5.29. The second kappa shape index (κ2) is 3.58. The monoisotopic (exact) mass is 194 g/mol. The molecule has 0 heterocycles. The zero-order valence-electron chi connectivity index (χ0n) is 8.25. The first kappa shape index (κ1) is 9.46. The van der Waals surface area contributed by atoms with Crippen LogP contribution in [0, 0.1) is 0 Å². The van der Waals surface area contributed by atoms with Gasteiger partial charge in [-0.15, -0.1) is 0 Å². The van der Waals surface area contributed by atoms with E-state index in [-0.39, 0.29) is 17.6 Å². The quantitative estimate of drug-likeness (QED) is 0.693. The van der Waals surface area contributed by atoms with Crippen molar-refractivity contribution < 1.29 is 14.6 Å². The van der Waals surface area contributed by atoms with Gasteiger partial charge in [-0.05, 0) is 30.9 Å². The molecule has 0 saturated carbocycles. The van der Waals surface area contributed by atoms with Gasteiger partial charge in [0.15, 0.2) is 5.78 Å². The third-order valence-corrected chi connectivity index (χ3v) is 2.90. The van der Waals surface area contributed by atoms with Crippen LogP contribution in [0.4, 0.5) is 0 Å². The molecule has 2 aliphatic carbocycles. The fraction of sp³-hybridized carbons (Fsp3) is 0.545. The normalized spacial score (nSPS) is 27.4. The smallest absolute Gasteiger partial charge is 0.166 e. The molecule has 76 valence electrons. The average molecular weight is 194 g/mol. The van der Waals surface area contributed by atoms with Crippen LogP contribution in [0.2, 0.25) is 0 Å². The maximum Gasteiger partial charge on any atom is 0.166 e. The number of ether oxygens (including phenoxy) is 1. The zero-order chi connectivity index (χ0) is 10.1. The highest BCUT2D eigenvalue weighted by atomic mass is 16.5. The maximum atomic E-state index is 11.6. The minimum atomic E-state index is -0.00912. The van der Waals surface area contributed by atoms with Gasteiger partial charge >= 0.3 is 0 Å². The highest BCUT2D eigenvalue weighted by molar-refractivity contribution is 6.00. The Morgan fingerprint density at radius 3 is 3.00 bits per heavy atom. The molecule has 0 aromatic heterocycles. The summed E-state index contributed by atoms with van der Waals surface area (Å²) in [5.74, 6) is 0.208. The Hall–Kier alpha value is -1.09. The van der Waals surface area contributed by atoms with Gasteiger partial charge in [0.2, 0.25) is 0 Å². The highest BCUT2D eigenvalue weighted by Gasteiger charge is 2.30. The summed E-state index contributed by atoms with van der Waals surface area (Å²) in [6.45, 7) is 0. The molecule has 0 aromatic rings. The molecule has 14 heavy (non-hydrogen) atoms. The van der Waals surface area contributed by atoms with E-state index < -0.39 is 0 Å². The topological polar surface area (TPSA) is 46.5 Å². The molecule has 0 saturated heterocycles. The molecule has 0 aromatic carbocycles. The molecule has 0 bridgehead atoms. The lowest BCUT2D eigenvalue weighted by molar-refractivity contribution is -0.116. The van der Waals surface area contributed by atoms with E-state index in [0.29, 0.717) is 18.4 Å². The molecule has 3 nitrogen and oxygen atoms in total. The Morgan fingerprint density at radius 2 is 2.29 bits per heavy atom. The van der Waals surface area contributed by atoms with E-state index >= 15 is 0 Å². The van der Waals surface area contributed by atoms with Crippen molar-refractivity contribution in [1.29, 1.82) is 0 Å². The van der Waals surface area contributed by atoms with Crippen molar-refractivity contribution in [2.24, 2.45) is 0 Å². The van der Waals surface area contributed by atoms with E-state index in [4.69, 9.17) is 4.74 Å². The van der Waals surface area contributed by atoms with Crippen LogP contribution in [0.1, 0.15) is 25.7 Å². The van der Waals surface area contributed by atoms with Crippen LogP contribution in [-0.4, -0.2) is 24.1 Å². The Kier molecular flexibility index (Phi) is 2.42. The summed E-state index contributed by atoms with van der Waals surface area (Å²) in [5, 5.41) is 9.61. The Balaban J connectivity index is 2.42. The van der Waals surface area contributed by atoms with E-state index in [1.807, 2.05) is 0 Å². The van der Waals surface area contributed by atoms with Crippen LogP contribution >= 0.6 is 0 Å². The van der Waals surface area contributed by atoms with Crippen LogP contribution in [0.5, 0.6) is 0 Å². The Labute approximate surface area is 83.1 Å². The van der Waals surface area contributed by atoms with Crippen LogP contribution in [0.25, 0.3) is 0 Å². The fourth-order valence-corrected chi connectivity index (χ4v) is 2.20. The van der Waals surface area contributed by atoms with Crippen molar-refractivity contribution in [3.63, 3.8) is 0 Å². The number of carbonyl (C=O) groups excluding carboxylic acids is 1. The van der Waals surface area contributed by atoms with Crippen LogP contribution in [-0.2, 0) is 9.53 Å². The molecule has 2 rings (SSSR count). The van der Waals surface area contributed by atoms with Crippen molar-refractivity contribution in [3.8, 4) is 0 Å². The van der Waals surface area contributed by atoms with E-state index in [1.54, 1.807) is 13.2 Å². The highest BCUT2D eigenvalue weighted by Crippen LogP contribution is 2.34.